The van der Waals surface area contributed by atoms with Crippen molar-refractivity contribution in [3.8, 4) is 0 Å². The lowest BCUT2D eigenvalue weighted by molar-refractivity contribution is 0.0205. The topological polar surface area (TPSA) is 45.7 Å². The maximum Gasteiger partial charge on any atom is 0.410 e. The highest BCUT2D eigenvalue weighted by molar-refractivity contribution is 5.68. The van der Waals surface area contributed by atoms with E-state index in [0.29, 0.717) is 6.04 Å². The monoisotopic (exact) mass is 291 g/mol. The fourth-order valence-corrected chi connectivity index (χ4v) is 2.51. The van der Waals surface area contributed by atoms with Gasteiger partial charge in [-0.3, -0.25) is 0 Å². The van der Waals surface area contributed by atoms with Gasteiger partial charge in [0.25, 0.3) is 0 Å². The first-order valence-corrected chi connectivity index (χ1v) is 7.48. The van der Waals surface area contributed by atoms with Gasteiger partial charge < -0.3 is 14.5 Å². The van der Waals surface area contributed by atoms with E-state index < -0.39 is 5.60 Å². The molecule has 0 aliphatic carbocycles. The lowest BCUT2D eigenvalue weighted by Crippen LogP contribution is -2.47. The molecule has 0 radical (unpaired) electrons. The van der Waals surface area contributed by atoms with Gasteiger partial charge in [-0.15, -0.1) is 0 Å². The molecule has 0 atom stereocenters. The number of rotatable bonds is 2. The van der Waals surface area contributed by atoms with Gasteiger partial charge in [-0.25, -0.2) is 9.78 Å². The van der Waals surface area contributed by atoms with Gasteiger partial charge in [0.1, 0.15) is 11.4 Å². The fourth-order valence-electron chi connectivity index (χ4n) is 2.51. The molecule has 0 unspecified atom stereocenters. The van der Waals surface area contributed by atoms with Crippen LogP contribution in [0, 0.1) is 0 Å². The highest BCUT2D eigenvalue weighted by Crippen LogP contribution is 2.21. The summed E-state index contributed by atoms with van der Waals surface area (Å²) in [5, 5.41) is 0. The lowest BCUT2D eigenvalue weighted by Gasteiger charge is -2.37. The third-order valence-electron chi connectivity index (χ3n) is 3.67. The minimum absolute atomic E-state index is 0.207. The van der Waals surface area contributed by atoms with Crippen LogP contribution < -0.4 is 4.90 Å². The van der Waals surface area contributed by atoms with Gasteiger partial charge in [-0.05, 0) is 45.7 Å². The molecule has 116 valence electrons. The molecule has 1 aliphatic rings. The van der Waals surface area contributed by atoms with Crippen molar-refractivity contribution in [1.82, 2.24) is 9.88 Å². The van der Waals surface area contributed by atoms with Gasteiger partial charge in [0.05, 0.1) is 0 Å². The Morgan fingerprint density at radius 3 is 2.52 bits per heavy atom. The standard InChI is InChI=1S/C16H25N3O2/c1-16(2,3)21-15(20)19-11-8-13(9-12-19)18(4)14-7-5-6-10-17-14/h5-7,10,13H,8-9,11-12H2,1-4H3. The molecule has 0 bridgehead atoms. The van der Waals surface area contributed by atoms with E-state index in [1.165, 1.54) is 0 Å². The van der Waals surface area contributed by atoms with Crippen LogP contribution in [0.1, 0.15) is 33.6 Å². The van der Waals surface area contributed by atoms with E-state index in [2.05, 4.69) is 16.9 Å². The molecule has 2 rings (SSSR count). The van der Waals surface area contributed by atoms with Crippen molar-refractivity contribution in [1.29, 1.82) is 0 Å². The molecule has 21 heavy (non-hydrogen) atoms. The molecule has 0 N–H and O–H groups in total. The quantitative estimate of drug-likeness (QED) is 0.840. The van der Waals surface area contributed by atoms with Crippen molar-refractivity contribution in [3.63, 3.8) is 0 Å². The van der Waals surface area contributed by atoms with Crippen molar-refractivity contribution < 1.29 is 9.53 Å². The molecule has 1 amide bonds. The molecule has 1 saturated heterocycles. The van der Waals surface area contributed by atoms with E-state index >= 15 is 0 Å². The molecule has 1 aliphatic heterocycles. The number of carbonyl (C=O) groups excluding carboxylic acids is 1. The largest absolute Gasteiger partial charge is 0.444 e. The zero-order valence-electron chi connectivity index (χ0n) is 13.4. The van der Waals surface area contributed by atoms with Gasteiger partial charge in [0.2, 0.25) is 0 Å². The highest BCUT2D eigenvalue weighted by atomic mass is 16.6. The maximum absolute atomic E-state index is 12.0. The molecular formula is C16H25N3O2. The maximum atomic E-state index is 12.0. The predicted molar refractivity (Wildman–Crippen MR) is 83.5 cm³/mol. The van der Waals surface area contributed by atoms with Gasteiger partial charge in [0.15, 0.2) is 0 Å². The summed E-state index contributed by atoms with van der Waals surface area (Å²) in [6.45, 7) is 7.15. The summed E-state index contributed by atoms with van der Waals surface area (Å²) in [5.74, 6) is 0.980. The smallest absolute Gasteiger partial charge is 0.410 e. The van der Waals surface area contributed by atoms with Crippen molar-refractivity contribution in [2.45, 2.75) is 45.3 Å². The van der Waals surface area contributed by atoms with Crippen LogP contribution in [-0.2, 0) is 4.74 Å². The summed E-state index contributed by atoms with van der Waals surface area (Å²) in [6, 6.07) is 6.34. The van der Waals surface area contributed by atoms with Crippen molar-refractivity contribution in [3.05, 3.63) is 24.4 Å². The average molecular weight is 291 g/mol. The van der Waals surface area contributed by atoms with Crippen LogP contribution in [-0.4, -0.2) is 47.8 Å². The second kappa shape index (κ2) is 6.33. The summed E-state index contributed by atoms with van der Waals surface area (Å²) < 4.78 is 5.42. The summed E-state index contributed by atoms with van der Waals surface area (Å²) >= 11 is 0. The van der Waals surface area contributed by atoms with Crippen LogP contribution in [0.4, 0.5) is 10.6 Å². The van der Waals surface area contributed by atoms with Crippen molar-refractivity contribution in [2.24, 2.45) is 0 Å². The van der Waals surface area contributed by atoms with E-state index in [1.807, 2.05) is 45.2 Å². The van der Waals surface area contributed by atoms with Crippen LogP contribution in [0.3, 0.4) is 0 Å². The van der Waals surface area contributed by atoms with Crippen LogP contribution in [0.2, 0.25) is 0 Å². The van der Waals surface area contributed by atoms with Gasteiger partial charge in [0, 0.05) is 32.4 Å². The third-order valence-corrected chi connectivity index (χ3v) is 3.67. The molecule has 0 aromatic carbocycles. The zero-order valence-corrected chi connectivity index (χ0v) is 13.4. The first kappa shape index (κ1) is 15.6. The molecule has 0 spiro atoms. The highest BCUT2D eigenvalue weighted by Gasteiger charge is 2.28. The molecule has 5 heteroatoms. The number of ether oxygens (including phenoxy) is 1. The molecule has 1 aromatic heterocycles. The summed E-state index contributed by atoms with van der Waals surface area (Å²) in [7, 11) is 2.07. The predicted octanol–water partition coefficient (Wildman–Crippen LogP) is 2.92. The Morgan fingerprint density at radius 2 is 2.00 bits per heavy atom. The molecule has 0 saturated carbocycles. The van der Waals surface area contributed by atoms with Crippen LogP contribution in [0.15, 0.2) is 24.4 Å². The second-order valence-corrected chi connectivity index (χ2v) is 6.50. The molecule has 2 heterocycles. The van der Waals surface area contributed by atoms with Crippen LogP contribution in [0.25, 0.3) is 0 Å². The van der Waals surface area contributed by atoms with E-state index in [9.17, 15) is 4.79 Å². The molecular weight excluding hydrogens is 266 g/mol. The van der Waals surface area contributed by atoms with Gasteiger partial charge in [-0.1, -0.05) is 6.07 Å². The van der Waals surface area contributed by atoms with Crippen molar-refractivity contribution in [2.75, 3.05) is 25.0 Å². The number of aromatic nitrogens is 1. The van der Waals surface area contributed by atoms with E-state index in [0.717, 1.165) is 31.7 Å². The third kappa shape index (κ3) is 4.34. The lowest BCUT2D eigenvalue weighted by atomic mass is 10.0. The van der Waals surface area contributed by atoms with E-state index in [-0.39, 0.29) is 6.09 Å². The average Bonchev–Trinajstić information content (AvgIpc) is 2.46. The first-order chi connectivity index (χ1) is 9.87. The van der Waals surface area contributed by atoms with Gasteiger partial charge >= 0.3 is 6.09 Å². The Balaban J connectivity index is 1.87. The minimum atomic E-state index is -0.432. The Kier molecular flexibility index (Phi) is 4.70. The Morgan fingerprint density at radius 1 is 1.33 bits per heavy atom. The Hall–Kier alpha value is -1.78. The fraction of sp³-hybridized carbons (Fsp3) is 0.625. The summed E-state index contributed by atoms with van der Waals surface area (Å²) in [5.41, 5.74) is -0.432. The number of anilines is 1. The number of hydrogen-bond acceptors (Lipinski definition) is 4. The molecule has 1 aromatic rings. The number of carbonyl (C=O) groups is 1. The van der Waals surface area contributed by atoms with E-state index in [4.69, 9.17) is 4.74 Å². The van der Waals surface area contributed by atoms with Crippen molar-refractivity contribution >= 4 is 11.9 Å². The normalized spacial score (nSPS) is 16.7. The number of pyridine rings is 1. The SMILES string of the molecule is CN(c1ccccn1)C1CCN(C(=O)OC(C)(C)C)CC1. The van der Waals surface area contributed by atoms with Gasteiger partial charge in [-0.2, -0.15) is 0 Å². The molecule has 1 fully saturated rings. The number of nitrogens with zero attached hydrogens (tertiary/aromatic N) is 3. The Bertz CT molecular complexity index is 462. The number of likely N-dealkylation sites (tertiary alicyclic amines) is 1. The number of piperidine rings is 1. The first-order valence-electron chi connectivity index (χ1n) is 7.48. The van der Waals surface area contributed by atoms with E-state index in [1.54, 1.807) is 4.90 Å². The van der Waals surface area contributed by atoms with Crippen LogP contribution >= 0.6 is 0 Å². The summed E-state index contributed by atoms with van der Waals surface area (Å²) in [4.78, 5) is 20.4. The Labute approximate surface area is 126 Å². The minimum Gasteiger partial charge on any atom is -0.444 e. The molecule has 5 nitrogen and oxygen atoms in total. The van der Waals surface area contributed by atoms with Crippen LogP contribution in [0.5, 0.6) is 0 Å². The number of amides is 1. The zero-order chi connectivity index (χ0) is 15.5. The number of hydrogen-bond donors (Lipinski definition) is 0. The summed E-state index contributed by atoms with van der Waals surface area (Å²) in [6.07, 6.45) is 3.47. The second-order valence-electron chi connectivity index (χ2n) is 6.50.